The molecule has 0 bridgehead atoms. The highest BCUT2D eigenvalue weighted by Crippen LogP contribution is 2.43. The third-order valence-corrected chi connectivity index (χ3v) is 6.84. The molecule has 0 atom stereocenters. The van der Waals surface area contributed by atoms with Crippen molar-refractivity contribution in [2.45, 2.75) is 40.5 Å². The maximum atomic E-state index is 6.04. The van der Waals surface area contributed by atoms with Gasteiger partial charge in [0.15, 0.2) is 0 Å². The van der Waals surface area contributed by atoms with E-state index in [-0.39, 0.29) is 0 Å². The molecule has 0 unspecified atom stereocenters. The maximum absolute atomic E-state index is 6.04. The van der Waals surface area contributed by atoms with E-state index in [0.29, 0.717) is 11.8 Å². The van der Waals surface area contributed by atoms with Gasteiger partial charge in [0.25, 0.3) is 0 Å². The Morgan fingerprint density at radius 2 is 1.15 bits per heavy atom. The summed E-state index contributed by atoms with van der Waals surface area (Å²) < 4.78 is 16.6. The molecule has 0 saturated carbocycles. The van der Waals surface area contributed by atoms with Gasteiger partial charge in [0.05, 0.1) is 22.2 Å². The summed E-state index contributed by atoms with van der Waals surface area (Å²) in [7, 11) is 0. The summed E-state index contributed by atoms with van der Waals surface area (Å²) in [6.45, 7) is 10.3. The molecule has 0 spiro atoms. The van der Waals surface area contributed by atoms with Crippen molar-refractivity contribution < 1.29 is 9.47 Å². The standard InChI is InChI=1S/C22H26Br2O2S/c1-13(2)5-7-25-19-9-15-16-10-20(26-8-6-14(3)4)18(24)12-22(16)27-21(15)11-17(19)23/h9-14H,5-8H2,1-4H3. The highest BCUT2D eigenvalue weighted by Gasteiger charge is 2.13. The maximum Gasteiger partial charge on any atom is 0.134 e. The zero-order valence-electron chi connectivity index (χ0n) is 16.3. The Balaban J connectivity index is 1.94. The molecule has 1 aromatic heterocycles. The van der Waals surface area contributed by atoms with E-state index >= 15 is 0 Å². The molecule has 3 aromatic rings. The summed E-state index contributed by atoms with van der Waals surface area (Å²) in [4.78, 5) is 0. The van der Waals surface area contributed by atoms with Gasteiger partial charge < -0.3 is 9.47 Å². The van der Waals surface area contributed by atoms with Crippen LogP contribution < -0.4 is 9.47 Å². The number of benzene rings is 2. The minimum atomic E-state index is 0.636. The second-order valence-corrected chi connectivity index (χ2v) is 10.5. The Morgan fingerprint density at radius 3 is 1.52 bits per heavy atom. The van der Waals surface area contributed by atoms with Gasteiger partial charge in [-0.1, -0.05) is 27.7 Å². The average molecular weight is 514 g/mol. The monoisotopic (exact) mass is 512 g/mol. The van der Waals surface area contributed by atoms with Crippen LogP contribution in [0, 0.1) is 11.8 Å². The van der Waals surface area contributed by atoms with Crippen LogP contribution in [0.3, 0.4) is 0 Å². The molecular formula is C22H26Br2O2S. The van der Waals surface area contributed by atoms with Crippen LogP contribution in [-0.4, -0.2) is 13.2 Å². The van der Waals surface area contributed by atoms with Crippen molar-refractivity contribution in [1.29, 1.82) is 0 Å². The number of rotatable bonds is 8. The molecule has 0 aliphatic heterocycles. The summed E-state index contributed by atoms with van der Waals surface area (Å²) in [5.74, 6) is 3.09. The molecule has 27 heavy (non-hydrogen) atoms. The minimum absolute atomic E-state index is 0.636. The predicted octanol–water partition coefficient (Wildman–Crippen LogP) is 8.43. The predicted molar refractivity (Wildman–Crippen MR) is 125 cm³/mol. The van der Waals surface area contributed by atoms with E-state index in [9.17, 15) is 0 Å². The second-order valence-electron chi connectivity index (χ2n) is 7.72. The van der Waals surface area contributed by atoms with Crippen LogP contribution in [0.4, 0.5) is 0 Å². The SMILES string of the molecule is CC(C)CCOc1cc2c(cc1Br)sc1cc(Br)c(OCCC(C)C)cc12. The number of hydrogen-bond donors (Lipinski definition) is 0. The second kappa shape index (κ2) is 9.15. The third kappa shape index (κ3) is 5.18. The van der Waals surface area contributed by atoms with Crippen LogP contribution in [-0.2, 0) is 0 Å². The fourth-order valence-corrected chi connectivity index (χ4v) is 5.18. The lowest BCUT2D eigenvalue weighted by Crippen LogP contribution is -2.02. The topological polar surface area (TPSA) is 18.5 Å². The molecule has 0 amide bonds. The number of hydrogen-bond acceptors (Lipinski definition) is 3. The van der Waals surface area contributed by atoms with E-state index in [2.05, 4.69) is 83.8 Å². The molecule has 0 saturated heterocycles. The number of ether oxygens (including phenoxy) is 2. The Hall–Kier alpha value is -0.780. The average Bonchev–Trinajstić information content (AvgIpc) is 2.90. The van der Waals surface area contributed by atoms with Crippen molar-refractivity contribution in [1.82, 2.24) is 0 Å². The van der Waals surface area contributed by atoms with Crippen LogP contribution in [0.15, 0.2) is 33.2 Å². The molecule has 1 heterocycles. The summed E-state index contributed by atoms with van der Waals surface area (Å²) in [5, 5.41) is 2.44. The normalized spacial score (nSPS) is 11.9. The molecule has 2 nitrogen and oxygen atoms in total. The van der Waals surface area contributed by atoms with Gasteiger partial charge in [-0.25, -0.2) is 0 Å². The first-order chi connectivity index (χ1) is 12.8. The third-order valence-electron chi connectivity index (χ3n) is 4.48. The molecular weight excluding hydrogens is 488 g/mol. The van der Waals surface area contributed by atoms with Gasteiger partial charge in [0.1, 0.15) is 11.5 Å². The molecule has 0 radical (unpaired) electrons. The lowest BCUT2D eigenvalue weighted by molar-refractivity contribution is 0.288. The highest BCUT2D eigenvalue weighted by atomic mass is 79.9. The van der Waals surface area contributed by atoms with Crippen LogP contribution in [0.1, 0.15) is 40.5 Å². The van der Waals surface area contributed by atoms with Gasteiger partial charge in [-0.05, 0) is 80.8 Å². The number of halogens is 2. The van der Waals surface area contributed by atoms with Gasteiger partial charge in [0, 0.05) is 20.2 Å². The quantitative estimate of drug-likeness (QED) is 0.301. The zero-order chi connectivity index (χ0) is 19.6. The van der Waals surface area contributed by atoms with Crippen LogP contribution >= 0.6 is 43.2 Å². The van der Waals surface area contributed by atoms with E-state index < -0.39 is 0 Å². The summed E-state index contributed by atoms with van der Waals surface area (Å²) in [6.07, 6.45) is 2.10. The fraction of sp³-hybridized carbons (Fsp3) is 0.455. The van der Waals surface area contributed by atoms with Gasteiger partial charge in [-0.15, -0.1) is 11.3 Å². The van der Waals surface area contributed by atoms with E-state index in [1.165, 1.54) is 20.2 Å². The van der Waals surface area contributed by atoms with Crippen molar-refractivity contribution in [3.63, 3.8) is 0 Å². The molecule has 3 rings (SSSR count). The highest BCUT2D eigenvalue weighted by molar-refractivity contribution is 9.11. The lowest BCUT2D eigenvalue weighted by atomic mass is 10.1. The molecule has 5 heteroatoms. The van der Waals surface area contributed by atoms with Crippen LogP contribution in [0.5, 0.6) is 11.5 Å². The van der Waals surface area contributed by atoms with Crippen molar-refractivity contribution in [2.75, 3.05) is 13.2 Å². The Morgan fingerprint density at radius 1 is 0.741 bits per heavy atom. The van der Waals surface area contributed by atoms with Gasteiger partial charge >= 0.3 is 0 Å². The van der Waals surface area contributed by atoms with Crippen LogP contribution in [0.2, 0.25) is 0 Å². The van der Waals surface area contributed by atoms with Gasteiger partial charge in [-0.3, -0.25) is 0 Å². The Labute approximate surface area is 182 Å². The zero-order valence-corrected chi connectivity index (χ0v) is 20.3. The summed E-state index contributed by atoms with van der Waals surface area (Å²) in [6, 6.07) is 8.64. The summed E-state index contributed by atoms with van der Waals surface area (Å²) in [5.41, 5.74) is 0. The minimum Gasteiger partial charge on any atom is -0.492 e. The Kier molecular flexibility index (Phi) is 7.09. The fourth-order valence-electron chi connectivity index (χ4n) is 2.81. The molecule has 2 aromatic carbocycles. The van der Waals surface area contributed by atoms with Crippen LogP contribution in [0.25, 0.3) is 20.2 Å². The largest absolute Gasteiger partial charge is 0.492 e. The first-order valence-electron chi connectivity index (χ1n) is 9.46. The lowest BCUT2D eigenvalue weighted by Gasteiger charge is -2.11. The molecule has 146 valence electrons. The van der Waals surface area contributed by atoms with Crippen molar-refractivity contribution in [2.24, 2.45) is 11.8 Å². The molecule has 0 fully saturated rings. The Bertz CT molecular complexity index is 857. The first-order valence-corrected chi connectivity index (χ1v) is 11.9. The van der Waals surface area contributed by atoms with Crippen molar-refractivity contribution in [3.05, 3.63) is 33.2 Å². The van der Waals surface area contributed by atoms with Gasteiger partial charge in [0.2, 0.25) is 0 Å². The van der Waals surface area contributed by atoms with E-state index in [1.807, 2.05) is 0 Å². The number of fused-ring (bicyclic) bond motifs is 3. The van der Waals surface area contributed by atoms with E-state index in [0.717, 1.165) is 46.5 Å². The smallest absolute Gasteiger partial charge is 0.134 e. The molecule has 0 N–H and O–H groups in total. The summed E-state index contributed by atoms with van der Waals surface area (Å²) >= 11 is 9.13. The van der Waals surface area contributed by atoms with E-state index in [4.69, 9.17) is 9.47 Å². The van der Waals surface area contributed by atoms with Crippen molar-refractivity contribution in [3.8, 4) is 11.5 Å². The van der Waals surface area contributed by atoms with E-state index in [1.54, 1.807) is 11.3 Å². The van der Waals surface area contributed by atoms with Gasteiger partial charge in [-0.2, -0.15) is 0 Å². The number of thiophene rings is 1. The van der Waals surface area contributed by atoms with Crippen molar-refractivity contribution >= 4 is 63.4 Å². The molecule has 0 aliphatic rings. The molecule has 0 aliphatic carbocycles. The first kappa shape index (κ1) is 20.9.